The predicted molar refractivity (Wildman–Crippen MR) is 108 cm³/mol. The van der Waals surface area contributed by atoms with Gasteiger partial charge in [-0.05, 0) is 30.7 Å². The van der Waals surface area contributed by atoms with E-state index < -0.39 is 24.4 Å². The van der Waals surface area contributed by atoms with Crippen molar-refractivity contribution in [2.75, 3.05) is 23.4 Å². The van der Waals surface area contributed by atoms with E-state index in [0.29, 0.717) is 10.7 Å². The standard InChI is InChI=1S/C20H18Cl2N2O4/c1-12-5-2-3-8-16(12)24-10-13(9-18(24)26)20(27)28-11-17(25)23-15-7-4-6-14(21)19(15)22/h2-8,13H,9-11H2,1H3,(H,23,25)/t13-/m0/s1. The summed E-state index contributed by atoms with van der Waals surface area (Å²) in [5, 5.41) is 3.05. The molecule has 0 saturated carbocycles. The van der Waals surface area contributed by atoms with E-state index in [2.05, 4.69) is 5.32 Å². The fraction of sp³-hybridized carbons (Fsp3) is 0.250. The number of halogens is 2. The lowest BCUT2D eigenvalue weighted by Crippen LogP contribution is -2.28. The Labute approximate surface area is 172 Å². The van der Waals surface area contributed by atoms with Gasteiger partial charge in [-0.15, -0.1) is 0 Å². The monoisotopic (exact) mass is 420 g/mol. The zero-order valence-electron chi connectivity index (χ0n) is 15.1. The molecule has 2 aromatic rings. The molecule has 6 nitrogen and oxygen atoms in total. The number of carbonyl (C=O) groups excluding carboxylic acids is 3. The van der Waals surface area contributed by atoms with Gasteiger partial charge in [0.1, 0.15) is 0 Å². The number of ether oxygens (including phenoxy) is 1. The average molecular weight is 421 g/mol. The molecule has 1 saturated heterocycles. The van der Waals surface area contributed by atoms with Crippen LogP contribution in [-0.2, 0) is 19.1 Å². The maximum absolute atomic E-state index is 12.3. The maximum atomic E-state index is 12.3. The van der Waals surface area contributed by atoms with E-state index in [9.17, 15) is 14.4 Å². The van der Waals surface area contributed by atoms with Gasteiger partial charge >= 0.3 is 5.97 Å². The Bertz CT molecular complexity index is 932. The van der Waals surface area contributed by atoms with Gasteiger partial charge < -0.3 is 15.0 Å². The number of nitrogens with zero attached hydrogens (tertiary/aromatic N) is 1. The Morgan fingerprint density at radius 3 is 2.68 bits per heavy atom. The number of hydrogen-bond acceptors (Lipinski definition) is 4. The number of benzene rings is 2. The minimum Gasteiger partial charge on any atom is -0.455 e. The molecule has 1 aliphatic heterocycles. The van der Waals surface area contributed by atoms with Gasteiger partial charge in [-0.2, -0.15) is 0 Å². The van der Waals surface area contributed by atoms with E-state index in [4.69, 9.17) is 27.9 Å². The van der Waals surface area contributed by atoms with Crippen molar-refractivity contribution in [1.29, 1.82) is 0 Å². The largest absolute Gasteiger partial charge is 0.455 e. The molecule has 0 bridgehead atoms. The van der Waals surface area contributed by atoms with Crippen molar-refractivity contribution in [2.24, 2.45) is 5.92 Å². The van der Waals surface area contributed by atoms with Gasteiger partial charge in [-0.1, -0.05) is 47.5 Å². The summed E-state index contributed by atoms with van der Waals surface area (Å²) in [5.74, 6) is -1.89. The highest BCUT2D eigenvalue weighted by atomic mass is 35.5. The van der Waals surface area contributed by atoms with Gasteiger partial charge in [-0.25, -0.2) is 0 Å². The molecule has 1 aliphatic rings. The number of carbonyl (C=O) groups is 3. The van der Waals surface area contributed by atoms with E-state index >= 15 is 0 Å². The summed E-state index contributed by atoms with van der Waals surface area (Å²) < 4.78 is 5.09. The van der Waals surface area contributed by atoms with Crippen LogP contribution in [-0.4, -0.2) is 30.9 Å². The Kier molecular flexibility index (Phi) is 6.21. The van der Waals surface area contributed by atoms with Gasteiger partial charge in [0.25, 0.3) is 5.91 Å². The highest BCUT2D eigenvalue weighted by molar-refractivity contribution is 6.44. The molecule has 146 valence electrons. The molecule has 0 aromatic heterocycles. The summed E-state index contributed by atoms with van der Waals surface area (Å²) in [6.07, 6.45) is 0.0505. The number of anilines is 2. The zero-order valence-corrected chi connectivity index (χ0v) is 16.6. The molecule has 0 radical (unpaired) electrons. The second kappa shape index (κ2) is 8.63. The highest BCUT2D eigenvalue weighted by Crippen LogP contribution is 2.30. The molecule has 8 heteroatoms. The maximum Gasteiger partial charge on any atom is 0.311 e. The SMILES string of the molecule is Cc1ccccc1N1C[C@@H](C(=O)OCC(=O)Nc2cccc(Cl)c2Cl)CC1=O. The molecular weight excluding hydrogens is 403 g/mol. The van der Waals surface area contributed by atoms with Crippen LogP contribution in [0.15, 0.2) is 42.5 Å². The van der Waals surface area contributed by atoms with Crippen molar-refractivity contribution in [3.05, 3.63) is 58.1 Å². The quantitative estimate of drug-likeness (QED) is 0.745. The lowest BCUT2D eigenvalue weighted by molar-refractivity contribution is -0.151. The Morgan fingerprint density at radius 1 is 1.18 bits per heavy atom. The van der Waals surface area contributed by atoms with E-state index in [1.54, 1.807) is 23.1 Å². The average Bonchev–Trinajstić information content (AvgIpc) is 3.05. The van der Waals surface area contributed by atoms with E-state index in [-0.39, 0.29) is 23.9 Å². The van der Waals surface area contributed by atoms with Crippen LogP contribution in [0.1, 0.15) is 12.0 Å². The molecule has 3 rings (SSSR count). The van der Waals surface area contributed by atoms with Gasteiger partial charge in [-0.3, -0.25) is 14.4 Å². The molecule has 2 aromatic carbocycles. The third-order valence-electron chi connectivity index (χ3n) is 4.44. The van der Waals surface area contributed by atoms with Gasteiger partial charge in [0.2, 0.25) is 5.91 Å². The second-order valence-corrected chi connectivity index (χ2v) is 7.23. The highest BCUT2D eigenvalue weighted by Gasteiger charge is 2.36. The smallest absolute Gasteiger partial charge is 0.311 e. The molecule has 1 heterocycles. The lowest BCUT2D eigenvalue weighted by atomic mass is 10.1. The summed E-state index contributed by atoms with van der Waals surface area (Å²) in [5.41, 5.74) is 2.05. The number of amides is 2. The van der Waals surface area contributed by atoms with Crippen LogP contribution in [0, 0.1) is 12.8 Å². The number of para-hydroxylation sites is 1. The first-order chi connectivity index (χ1) is 13.4. The lowest BCUT2D eigenvalue weighted by Gasteiger charge is -2.18. The first-order valence-corrected chi connectivity index (χ1v) is 9.39. The summed E-state index contributed by atoms with van der Waals surface area (Å²) in [6, 6.07) is 12.3. The number of nitrogens with one attached hydrogen (secondary N) is 1. The van der Waals surface area contributed by atoms with Crippen LogP contribution in [0.3, 0.4) is 0 Å². The van der Waals surface area contributed by atoms with Crippen molar-refractivity contribution >= 4 is 52.4 Å². The van der Waals surface area contributed by atoms with Crippen LogP contribution in [0.5, 0.6) is 0 Å². The minimum absolute atomic E-state index is 0.0505. The summed E-state index contributed by atoms with van der Waals surface area (Å²) in [6.45, 7) is 1.65. The first kappa shape index (κ1) is 20.2. The fourth-order valence-electron chi connectivity index (χ4n) is 3.01. The van der Waals surface area contributed by atoms with Crippen LogP contribution in [0.2, 0.25) is 10.0 Å². The predicted octanol–water partition coefficient (Wildman–Crippen LogP) is 3.84. The first-order valence-electron chi connectivity index (χ1n) is 8.63. The number of aryl methyl sites for hydroxylation is 1. The van der Waals surface area contributed by atoms with Crippen LogP contribution in [0.4, 0.5) is 11.4 Å². The third-order valence-corrected chi connectivity index (χ3v) is 5.25. The molecule has 1 N–H and O–H groups in total. The Morgan fingerprint density at radius 2 is 1.93 bits per heavy atom. The van der Waals surface area contributed by atoms with Crippen molar-refractivity contribution in [3.63, 3.8) is 0 Å². The topological polar surface area (TPSA) is 75.7 Å². The summed E-state index contributed by atoms with van der Waals surface area (Å²) in [7, 11) is 0. The number of rotatable bonds is 5. The van der Waals surface area contributed by atoms with Crippen LogP contribution >= 0.6 is 23.2 Å². The number of esters is 1. The van der Waals surface area contributed by atoms with Crippen LogP contribution < -0.4 is 10.2 Å². The molecule has 0 spiro atoms. The van der Waals surface area contributed by atoms with E-state index in [1.165, 1.54) is 0 Å². The van der Waals surface area contributed by atoms with Gasteiger partial charge in [0.05, 0.1) is 21.7 Å². The zero-order chi connectivity index (χ0) is 20.3. The molecule has 0 aliphatic carbocycles. The van der Waals surface area contributed by atoms with Crippen molar-refractivity contribution < 1.29 is 19.1 Å². The minimum atomic E-state index is -0.616. The Hall–Kier alpha value is -2.57. The molecule has 1 fully saturated rings. The number of hydrogen-bond donors (Lipinski definition) is 1. The Balaban J connectivity index is 1.55. The summed E-state index contributed by atoms with van der Waals surface area (Å²) in [4.78, 5) is 38.2. The van der Waals surface area contributed by atoms with E-state index in [0.717, 1.165) is 11.3 Å². The molecule has 28 heavy (non-hydrogen) atoms. The molecule has 2 amide bonds. The van der Waals surface area contributed by atoms with Crippen LogP contribution in [0.25, 0.3) is 0 Å². The third kappa shape index (κ3) is 4.46. The van der Waals surface area contributed by atoms with Crippen molar-refractivity contribution in [3.8, 4) is 0 Å². The second-order valence-electron chi connectivity index (χ2n) is 6.45. The normalized spacial score (nSPS) is 16.2. The fourth-order valence-corrected chi connectivity index (χ4v) is 3.35. The van der Waals surface area contributed by atoms with Gasteiger partial charge in [0, 0.05) is 18.7 Å². The van der Waals surface area contributed by atoms with E-state index in [1.807, 2.05) is 31.2 Å². The summed E-state index contributed by atoms with van der Waals surface area (Å²) >= 11 is 11.9. The van der Waals surface area contributed by atoms with Crippen molar-refractivity contribution in [1.82, 2.24) is 0 Å². The molecular formula is C20H18Cl2N2O4. The molecule has 1 atom stereocenters. The van der Waals surface area contributed by atoms with Crippen molar-refractivity contribution in [2.45, 2.75) is 13.3 Å². The molecule has 0 unspecified atom stereocenters. The van der Waals surface area contributed by atoms with Gasteiger partial charge in [0.15, 0.2) is 6.61 Å².